The summed E-state index contributed by atoms with van der Waals surface area (Å²) in [4.78, 5) is 33.9. The van der Waals surface area contributed by atoms with Crippen LogP contribution in [0.5, 0.6) is 5.75 Å². The average molecular weight is 645 g/mol. The molecule has 12 heteroatoms. The molecule has 1 aliphatic heterocycles. The SMILES string of the molecule is COc1cc(N(C)CCN(C)C)c(N)cc1Nc1ncc(C(=O)OC(C)C)c(N2CC(C)(C)c3nc(C#C[Si](C)(C)C)ccc32)n1. The number of esters is 1. The number of carbonyl (C=O) groups is 1. The average Bonchev–Trinajstić information content (AvgIpc) is 3.24. The van der Waals surface area contributed by atoms with Crippen LogP contribution in [0, 0.1) is 11.5 Å². The minimum atomic E-state index is -1.57. The van der Waals surface area contributed by atoms with Crippen molar-refractivity contribution in [3.63, 3.8) is 0 Å². The van der Waals surface area contributed by atoms with Crippen molar-refractivity contribution in [1.82, 2.24) is 19.9 Å². The number of ether oxygens (including phenoxy) is 2. The van der Waals surface area contributed by atoms with Crippen molar-refractivity contribution in [1.29, 1.82) is 0 Å². The lowest BCUT2D eigenvalue weighted by atomic mass is 9.91. The number of benzene rings is 1. The fourth-order valence-electron chi connectivity index (χ4n) is 5.07. The van der Waals surface area contributed by atoms with E-state index in [1.165, 1.54) is 6.20 Å². The Labute approximate surface area is 274 Å². The lowest BCUT2D eigenvalue weighted by Gasteiger charge is -2.25. The first-order chi connectivity index (χ1) is 21.5. The number of hydrogen-bond donors (Lipinski definition) is 2. The standard InChI is InChI=1S/C34H48N8O3Si/c1-22(2)45-32(43)24-20-36-33(38-26-18-25(35)28(19-29(26)44-8)41(7)16-15-40(5)6)39-31(24)42-21-34(3,4)30-27(42)13-12-23(37-30)14-17-46(9,10)11/h12-13,18-20,22H,15-16,21,35H2,1-11H3,(H,36,38,39). The number of nitrogens with one attached hydrogen (secondary N) is 1. The predicted molar refractivity (Wildman–Crippen MR) is 190 cm³/mol. The van der Waals surface area contributed by atoms with E-state index in [-0.39, 0.29) is 23.0 Å². The van der Waals surface area contributed by atoms with E-state index in [1.807, 2.05) is 64.2 Å². The monoisotopic (exact) mass is 644 g/mol. The van der Waals surface area contributed by atoms with E-state index >= 15 is 0 Å². The lowest BCUT2D eigenvalue weighted by molar-refractivity contribution is 0.0378. The molecule has 0 amide bonds. The van der Waals surface area contributed by atoms with Crippen LogP contribution in [-0.4, -0.2) is 87.9 Å². The maximum absolute atomic E-state index is 13.3. The number of nitrogen functional groups attached to an aromatic ring is 1. The van der Waals surface area contributed by atoms with E-state index in [0.29, 0.717) is 29.5 Å². The summed E-state index contributed by atoms with van der Waals surface area (Å²) < 4.78 is 11.3. The van der Waals surface area contributed by atoms with Gasteiger partial charge in [-0.25, -0.2) is 14.8 Å². The van der Waals surface area contributed by atoms with Crippen LogP contribution in [0.4, 0.5) is 34.5 Å². The highest BCUT2D eigenvalue weighted by Gasteiger charge is 2.40. The van der Waals surface area contributed by atoms with Crippen molar-refractivity contribution in [2.75, 3.05) is 68.7 Å². The summed E-state index contributed by atoms with van der Waals surface area (Å²) in [7, 11) is 6.10. The Kier molecular flexibility index (Phi) is 10.2. The van der Waals surface area contributed by atoms with E-state index in [9.17, 15) is 4.79 Å². The van der Waals surface area contributed by atoms with Crippen LogP contribution in [0.3, 0.4) is 0 Å². The van der Waals surface area contributed by atoms with Gasteiger partial charge >= 0.3 is 5.97 Å². The molecule has 0 fully saturated rings. The van der Waals surface area contributed by atoms with Crippen molar-refractivity contribution in [2.45, 2.75) is 58.9 Å². The Hall–Kier alpha value is -4.34. The van der Waals surface area contributed by atoms with Crippen LogP contribution in [0.25, 0.3) is 0 Å². The van der Waals surface area contributed by atoms with Crippen molar-refractivity contribution in [3.8, 4) is 17.2 Å². The fourth-order valence-corrected chi connectivity index (χ4v) is 5.57. The molecule has 3 aromatic rings. The molecular formula is C34H48N8O3Si. The normalized spacial score (nSPS) is 13.7. The second kappa shape index (κ2) is 13.6. The number of hydrogen-bond acceptors (Lipinski definition) is 11. The summed E-state index contributed by atoms with van der Waals surface area (Å²) in [5.41, 5.74) is 14.4. The van der Waals surface area contributed by atoms with Crippen molar-refractivity contribution in [2.24, 2.45) is 0 Å². The van der Waals surface area contributed by atoms with Crippen LogP contribution < -0.4 is 25.6 Å². The minimum absolute atomic E-state index is 0.259. The molecule has 0 spiro atoms. The van der Waals surface area contributed by atoms with Gasteiger partial charge in [-0.2, -0.15) is 4.98 Å². The number of nitrogens with two attached hydrogens (primary N) is 1. The Morgan fingerprint density at radius 1 is 1.15 bits per heavy atom. The molecule has 0 unspecified atom stereocenters. The van der Waals surface area contributed by atoms with Gasteiger partial charge < -0.3 is 35.2 Å². The van der Waals surface area contributed by atoms with Crippen LogP contribution in [0.2, 0.25) is 19.6 Å². The summed E-state index contributed by atoms with van der Waals surface area (Å²) in [5.74, 6) is 4.06. The molecule has 11 nitrogen and oxygen atoms in total. The fraction of sp³-hybridized carbons (Fsp3) is 0.471. The Balaban J connectivity index is 1.76. The molecule has 246 valence electrons. The molecule has 1 aliphatic rings. The highest BCUT2D eigenvalue weighted by atomic mass is 28.3. The van der Waals surface area contributed by atoms with E-state index in [1.54, 1.807) is 7.11 Å². The van der Waals surface area contributed by atoms with Gasteiger partial charge in [-0.15, -0.1) is 5.54 Å². The van der Waals surface area contributed by atoms with E-state index < -0.39 is 14.0 Å². The maximum atomic E-state index is 13.3. The first-order valence-corrected chi connectivity index (χ1v) is 19.0. The summed E-state index contributed by atoms with van der Waals surface area (Å²) in [6.07, 6.45) is 1.19. The first-order valence-electron chi connectivity index (χ1n) is 15.5. The van der Waals surface area contributed by atoms with Gasteiger partial charge in [0, 0.05) is 44.4 Å². The van der Waals surface area contributed by atoms with Crippen molar-refractivity contribution < 1.29 is 14.3 Å². The molecule has 1 aromatic carbocycles. The van der Waals surface area contributed by atoms with Crippen LogP contribution in [-0.2, 0) is 10.2 Å². The summed E-state index contributed by atoms with van der Waals surface area (Å²) in [6.45, 7) is 16.7. The number of rotatable bonds is 10. The molecule has 0 bridgehead atoms. The van der Waals surface area contributed by atoms with Crippen molar-refractivity contribution in [3.05, 3.63) is 47.4 Å². The number of carbonyl (C=O) groups excluding carboxylic acids is 1. The molecule has 0 radical (unpaired) electrons. The third-order valence-electron chi connectivity index (χ3n) is 7.40. The second-order valence-electron chi connectivity index (χ2n) is 13.9. The molecule has 0 aliphatic carbocycles. The largest absolute Gasteiger partial charge is 0.494 e. The van der Waals surface area contributed by atoms with Crippen molar-refractivity contribution >= 4 is 48.6 Å². The van der Waals surface area contributed by atoms with Gasteiger partial charge in [0.15, 0.2) is 5.82 Å². The third-order valence-corrected chi connectivity index (χ3v) is 8.28. The topological polar surface area (TPSA) is 122 Å². The van der Waals surface area contributed by atoms with Gasteiger partial charge in [-0.05, 0) is 46.1 Å². The number of nitrogens with zero attached hydrogens (tertiary/aromatic N) is 6. The van der Waals surface area contributed by atoms with Gasteiger partial charge in [-0.1, -0.05) is 39.4 Å². The highest BCUT2D eigenvalue weighted by molar-refractivity contribution is 6.83. The highest BCUT2D eigenvalue weighted by Crippen LogP contribution is 2.44. The Morgan fingerprint density at radius 3 is 2.50 bits per heavy atom. The molecule has 3 heterocycles. The number of fused-ring (bicyclic) bond motifs is 1. The number of anilines is 6. The van der Waals surface area contributed by atoms with E-state index in [4.69, 9.17) is 25.2 Å². The molecule has 0 atom stereocenters. The maximum Gasteiger partial charge on any atom is 0.343 e. The van der Waals surface area contributed by atoms with E-state index in [0.717, 1.165) is 35.9 Å². The van der Waals surface area contributed by atoms with Gasteiger partial charge in [0.05, 0.1) is 41.7 Å². The van der Waals surface area contributed by atoms with Gasteiger partial charge in [0.25, 0.3) is 0 Å². The van der Waals surface area contributed by atoms with Crippen LogP contribution >= 0.6 is 0 Å². The third kappa shape index (κ3) is 8.08. The summed E-state index contributed by atoms with van der Waals surface area (Å²) in [6, 6.07) is 7.65. The molecular weight excluding hydrogens is 597 g/mol. The molecule has 4 rings (SSSR count). The zero-order valence-corrected chi connectivity index (χ0v) is 30.1. The first kappa shape index (κ1) is 34.5. The van der Waals surface area contributed by atoms with E-state index in [2.05, 4.69) is 65.1 Å². The molecule has 0 saturated heterocycles. The van der Waals surface area contributed by atoms with Gasteiger partial charge in [0.2, 0.25) is 5.95 Å². The number of pyridine rings is 1. The number of methoxy groups -OCH3 is 1. The Bertz CT molecular complexity index is 1660. The predicted octanol–water partition coefficient (Wildman–Crippen LogP) is 5.43. The minimum Gasteiger partial charge on any atom is -0.494 e. The molecule has 0 saturated carbocycles. The quantitative estimate of drug-likeness (QED) is 0.127. The summed E-state index contributed by atoms with van der Waals surface area (Å²) in [5, 5.41) is 3.27. The second-order valence-corrected chi connectivity index (χ2v) is 18.6. The molecule has 3 N–H and O–H groups in total. The molecule has 46 heavy (non-hydrogen) atoms. The number of likely N-dealkylation sites (N-methyl/N-ethyl adjacent to an activating group) is 2. The Morgan fingerprint density at radius 2 is 1.87 bits per heavy atom. The van der Waals surface area contributed by atoms with Crippen LogP contribution in [0.1, 0.15) is 49.4 Å². The zero-order valence-electron chi connectivity index (χ0n) is 29.1. The number of aromatic nitrogens is 3. The smallest absolute Gasteiger partial charge is 0.343 e. The van der Waals surface area contributed by atoms with Crippen LogP contribution in [0.15, 0.2) is 30.5 Å². The summed E-state index contributed by atoms with van der Waals surface area (Å²) >= 11 is 0. The zero-order chi connectivity index (χ0) is 34.0. The lowest BCUT2D eigenvalue weighted by Crippen LogP contribution is -2.29. The van der Waals surface area contributed by atoms with Gasteiger partial charge in [-0.3, -0.25) is 0 Å². The molecule has 2 aromatic heterocycles. The van der Waals surface area contributed by atoms with Gasteiger partial charge in [0.1, 0.15) is 25.1 Å².